The average Bonchev–Trinajstić information content (AvgIpc) is 2.59. The summed E-state index contributed by atoms with van der Waals surface area (Å²) in [6, 6.07) is 3.61. The third-order valence-electron chi connectivity index (χ3n) is 2.62. The highest BCUT2D eigenvalue weighted by Gasteiger charge is 2.09. The zero-order chi connectivity index (χ0) is 11.0. The Kier molecular flexibility index (Phi) is 2.47. The lowest BCUT2D eigenvalue weighted by molar-refractivity contribution is 0.374. The lowest BCUT2D eigenvalue weighted by Gasteiger charge is -2.06. The number of halogens is 1. The van der Waals surface area contributed by atoms with E-state index in [4.69, 9.17) is 0 Å². The number of pyridine rings is 1. The molecular weight excluding hydrogens is 191 g/mol. The van der Waals surface area contributed by atoms with Crippen molar-refractivity contribution < 1.29 is 4.39 Å². The number of nitrogens with zero attached hydrogens (tertiary/aromatic N) is 2. The molecule has 0 aromatic carbocycles. The van der Waals surface area contributed by atoms with Crippen molar-refractivity contribution in [3.05, 3.63) is 35.8 Å². The molecule has 0 amide bonds. The van der Waals surface area contributed by atoms with Gasteiger partial charge in [0.25, 0.3) is 0 Å². The summed E-state index contributed by atoms with van der Waals surface area (Å²) in [5.41, 5.74) is 2.66. The van der Waals surface area contributed by atoms with Gasteiger partial charge in [0.1, 0.15) is 11.8 Å². The minimum atomic E-state index is -0.936. The van der Waals surface area contributed by atoms with Gasteiger partial charge in [0.2, 0.25) is 0 Å². The van der Waals surface area contributed by atoms with Crippen LogP contribution >= 0.6 is 0 Å². The summed E-state index contributed by atoms with van der Waals surface area (Å²) in [6.45, 7) is 5.78. The smallest absolute Gasteiger partial charge is 0.137 e. The first-order valence-electron chi connectivity index (χ1n) is 5.20. The average molecular weight is 206 g/mol. The minimum absolute atomic E-state index is 0.425. The van der Waals surface area contributed by atoms with E-state index in [1.807, 2.05) is 22.9 Å². The summed E-state index contributed by atoms with van der Waals surface area (Å²) in [6.07, 6.45) is 2.81. The maximum absolute atomic E-state index is 13.1. The van der Waals surface area contributed by atoms with Crippen LogP contribution in [-0.4, -0.2) is 9.38 Å². The number of imidazole rings is 1. The summed E-state index contributed by atoms with van der Waals surface area (Å²) >= 11 is 0. The first-order valence-corrected chi connectivity index (χ1v) is 5.20. The van der Waals surface area contributed by atoms with E-state index in [0.29, 0.717) is 11.5 Å². The molecule has 0 aliphatic carbocycles. The molecule has 2 heterocycles. The van der Waals surface area contributed by atoms with E-state index in [1.54, 1.807) is 6.07 Å². The maximum Gasteiger partial charge on any atom is 0.137 e. The van der Waals surface area contributed by atoms with Crippen molar-refractivity contribution >= 4 is 5.65 Å². The summed E-state index contributed by atoms with van der Waals surface area (Å²) in [7, 11) is 0. The minimum Gasteiger partial charge on any atom is -0.304 e. The van der Waals surface area contributed by atoms with Crippen molar-refractivity contribution in [2.24, 2.45) is 0 Å². The van der Waals surface area contributed by atoms with E-state index in [-0.39, 0.29) is 0 Å². The molecule has 0 N–H and O–H groups in total. The summed E-state index contributed by atoms with van der Waals surface area (Å²) in [5, 5.41) is 0. The number of hydrogen-bond donors (Lipinski definition) is 0. The second-order valence-corrected chi connectivity index (χ2v) is 4.14. The molecule has 0 aliphatic rings. The molecule has 2 nitrogen and oxygen atoms in total. The summed E-state index contributed by atoms with van der Waals surface area (Å²) in [4.78, 5) is 4.28. The Morgan fingerprint density at radius 2 is 2.07 bits per heavy atom. The van der Waals surface area contributed by atoms with Crippen LogP contribution in [0.3, 0.4) is 0 Å². The molecule has 3 heteroatoms. The van der Waals surface area contributed by atoms with E-state index in [1.165, 1.54) is 6.92 Å². The van der Waals surface area contributed by atoms with E-state index in [9.17, 15) is 4.39 Å². The van der Waals surface area contributed by atoms with Crippen LogP contribution in [0.4, 0.5) is 4.39 Å². The Morgan fingerprint density at radius 1 is 1.33 bits per heavy atom. The topological polar surface area (TPSA) is 17.3 Å². The van der Waals surface area contributed by atoms with Gasteiger partial charge in [0, 0.05) is 18.1 Å². The molecule has 0 bridgehead atoms. The van der Waals surface area contributed by atoms with Gasteiger partial charge >= 0.3 is 0 Å². The summed E-state index contributed by atoms with van der Waals surface area (Å²) in [5.74, 6) is 0.425. The molecule has 1 atom stereocenters. The van der Waals surface area contributed by atoms with Gasteiger partial charge in [0.15, 0.2) is 0 Å². The van der Waals surface area contributed by atoms with Gasteiger partial charge in [-0.25, -0.2) is 9.37 Å². The van der Waals surface area contributed by atoms with Crippen molar-refractivity contribution in [1.29, 1.82) is 0 Å². The van der Waals surface area contributed by atoms with E-state index in [0.717, 1.165) is 11.3 Å². The third kappa shape index (κ3) is 1.74. The van der Waals surface area contributed by atoms with Gasteiger partial charge in [-0.1, -0.05) is 13.8 Å². The Balaban J connectivity index is 2.57. The van der Waals surface area contributed by atoms with Crippen LogP contribution in [0.1, 0.15) is 44.1 Å². The molecule has 0 fully saturated rings. The highest BCUT2D eigenvalue weighted by molar-refractivity contribution is 5.44. The van der Waals surface area contributed by atoms with Crippen LogP contribution in [0.15, 0.2) is 24.5 Å². The largest absolute Gasteiger partial charge is 0.304 e. The molecule has 1 unspecified atom stereocenters. The van der Waals surface area contributed by atoms with Crippen LogP contribution in [-0.2, 0) is 0 Å². The van der Waals surface area contributed by atoms with Gasteiger partial charge in [-0.3, -0.25) is 0 Å². The second-order valence-electron chi connectivity index (χ2n) is 4.14. The van der Waals surface area contributed by atoms with E-state index < -0.39 is 6.17 Å². The van der Waals surface area contributed by atoms with Crippen LogP contribution in [0.25, 0.3) is 5.65 Å². The Hall–Kier alpha value is -1.38. The lowest BCUT2D eigenvalue weighted by Crippen LogP contribution is -1.96. The SMILES string of the molecule is CC(C)c1cnc2cc(C(C)F)ccn12. The molecular formula is C12H15FN2. The zero-order valence-corrected chi connectivity index (χ0v) is 9.24. The van der Waals surface area contributed by atoms with Gasteiger partial charge in [-0.05, 0) is 30.5 Å². The molecule has 2 aromatic heterocycles. The monoisotopic (exact) mass is 206 g/mol. The molecule has 0 saturated heterocycles. The molecule has 0 aliphatic heterocycles. The Morgan fingerprint density at radius 3 is 2.67 bits per heavy atom. The van der Waals surface area contributed by atoms with Crippen molar-refractivity contribution in [2.75, 3.05) is 0 Å². The van der Waals surface area contributed by atoms with Gasteiger partial charge in [0.05, 0.1) is 0 Å². The fraction of sp³-hybridized carbons (Fsp3) is 0.417. The van der Waals surface area contributed by atoms with E-state index in [2.05, 4.69) is 18.8 Å². The molecule has 2 aromatic rings. The van der Waals surface area contributed by atoms with Gasteiger partial charge in [-0.15, -0.1) is 0 Å². The Labute approximate surface area is 88.8 Å². The van der Waals surface area contributed by atoms with Crippen LogP contribution in [0.2, 0.25) is 0 Å². The van der Waals surface area contributed by atoms with Crippen molar-refractivity contribution in [3.8, 4) is 0 Å². The molecule has 15 heavy (non-hydrogen) atoms. The normalized spacial score (nSPS) is 13.7. The predicted octanol–water partition coefficient (Wildman–Crippen LogP) is 3.49. The summed E-state index contributed by atoms with van der Waals surface area (Å²) < 4.78 is 15.1. The van der Waals surface area contributed by atoms with Crippen LogP contribution in [0.5, 0.6) is 0 Å². The first-order chi connectivity index (χ1) is 7.09. The number of fused-ring (bicyclic) bond motifs is 1. The highest BCUT2D eigenvalue weighted by Crippen LogP contribution is 2.21. The quantitative estimate of drug-likeness (QED) is 0.735. The molecule has 0 radical (unpaired) electrons. The Bertz CT molecular complexity index is 471. The highest BCUT2D eigenvalue weighted by atomic mass is 19.1. The van der Waals surface area contributed by atoms with Gasteiger partial charge < -0.3 is 4.40 Å². The maximum atomic E-state index is 13.1. The molecule has 2 rings (SSSR count). The fourth-order valence-corrected chi connectivity index (χ4v) is 1.69. The number of rotatable bonds is 2. The molecule has 0 spiro atoms. The number of alkyl halides is 1. The second kappa shape index (κ2) is 3.65. The van der Waals surface area contributed by atoms with Crippen LogP contribution < -0.4 is 0 Å². The standard InChI is InChI=1S/C12H15FN2/c1-8(2)11-7-14-12-6-10(9(3)13)4-5-15(11)12/h4-9H,1-3H3. The van der Waals surface area contributed by atoms with Gasteiger partial charge in [-0.2, -0.15) is 0 Å². The van der Waals surface area contributed by atoms with Crippen molar-refractivity contribution in [1.82, 2.24) is 9.38 Å². The number of hydrogen-bond acceptors (Lipinski definition) is 1. The number of aromatic nitrogens is 2. The predicted molar refractivity (Wildman–Crippen MR) is 58.8 cm³/mol. The fourth-order valence-electron chi connectivity index (χ4n) is 1.69. The molecule has 80 valence electrons. The zero-order valence-electron chi connectivity index (χ0n) is 9.24. The lowest BCUT2D eigenvalue weighted by atomic mass is 10.1. The van der Waals surface area contributed by atoms with Crippen LogP contribution in [0, 0.1) is 0 Å². The van der Waals surface area contributed by atoms with E-state index >= 15 is 0 Å². The van der Waals surface area contributed by atoms with Crippen molar-refractivity contribution in [3.63, 3.8) is 0 Å². The van der Waals surface area contributed by atoms with Crippen molar-refractivity contribution in [2.45, 2.75) is 32.9 Å². The third-order valence-corrected chi connectivity index (χ3v) is 2.62. The molecule has 0 saturated carbocycles. The first kappa shape index (κ1) is 10.1.